The maximum Gasteiger partial charge on any atom is 0.416 e. The number of nitriles is 1. The van der Waals surface area contributed by atoms with Crippen molar-refractivity contribution in [1.29, 1.82) is 5.26 Å². The fourth-order valence-electron chi connectivity index (χ4n) is 3.43. The third-order valence-electron chi connectivity index (χ3n) is 5.11. The fourth-order valence-corrected chi connectivity index (χ4v) is 3.43. The van der Waals surface area contributed by atoms with Gasteiger partial charge >= 0.3 is 6.18 Å². The zero-order valence-electron chi connectivity index (χ0n) is 16.2. The van der Waals surface area contributed by atoms with Crippen LogP contribution in [0, 0.1) is 17.2 Å². The van der Waals surface area contributed by atoms with E-state index in [1.165, 1.54) is 17.0 Å². The van der Waals surface area contributed by atoms with Gasteiger partial charge in [-0.3, -0.25) is 9.59 Å². The van der Waals surface area contributed by atoms with Crippen LogP contribution in [0.2, 0.25) is 0 Å². The first-order chi connectivity index (χ1) is 14.2. The van der Waals surface area contributed by atoms with Crippen molar-refractivity contribution in [3.63, 3.8) is 0 Å². The summed E-state index contributed by atoms with van der Waals surface area (Å²) >= 11 is 0. The summed E-state index contributed by atoms with van der Waals surface area (Å²) in [4.78, 5) is 26.3. The molecule has 2 aromatic carbocycles. The standard InChI is InChI=1S/C22H20F3N3O2/c1-14(17-7-5-15(11-26)6-8-17)27-21(30)18-10-20(29)28(13-18)12-16-3-2-4-19(9-16)22(23,24)25/h2-9,14,18H,10,12-13H2,1H3,(H,27,30). The van der Waals surface area contributed by atoms with Crippen LogP contribution in [0.1, 0.15) is 41.6 Å². The monoisotopic (exact) mass is 415 g/mol. The van der Waals surface area contributed by atoms with Gasteiger partial charge in [0.2, 0.25) is 11.8 Å². The zero-order valence-corrected chi connectivity index (χ0v) is 16.2. The lowest BCUT2D eigenvalue weighted by Crippen LogP contribution is -2.34. The summed E-state index contributed by atoms with van der Waals surface area (Å²) in [5, 5.41) is 11.7. The van der Waals surface area contributed by atoms with Crippen LogP contribution < -0.4 is 5.32 Å². The molecular formula is C22H20F3N3O2. The Hall–Kier alpha value is -3.34. The number of rotatable bonds is 5. The zero-order chi connectivity index (χ0) is 21.9. The van der Waals surface area contributed by atoms with Crippen molar-refractivity contribution in [3.05, 3.63) is 70.8 Å². The predicted molar refractivity (Wildman–Crippen MR) is 103 cm³/mol. The number of amides is 2. The Morgan fingerprint density at radius 1 is 1.27 bits per heavy atom. The highest BCUT2D eigenvalue weighted by Gasteiger charge is 2.35. The van der Waals surface area contributed by atoms with E-state index in [9.17, 15) is 22.8 Å². The van der Waals surface area contributed by atoms with Gasteiger partial charge in [-0.1, -0.05) is 24.3 Å². The van der Waals surface area contributed by atoms with Gasteiger partial charge in [0.05, 0.1) is 29.2 Å². The number of halogens is 3. The molecule has 1 aliphatic heterocycles. The molecule has 0 radical (unpaired) electrons. The maximum atomic E-state index is 12.9. The lowest BCUT2D eigenvalue weighted by Gasteiger charge is -2.19. The van der Waals surface area contributed by atoms with Crippen molar-refractivity contribution < 1.29 is 22.8 Å². The molecule has 0 saturated carbocycles. The van der Waals surface area contributed by atoms with Gasteiger partial charge in [0.15, 0.2) is 0 Å². The SMILES string of the molecule is CC(NC(=O)C1CC(=O)N(Cc2cccc(C(F)(F)F)c2)C1)c1ccc(C#N)cc1. The summed E-state index contributed by atoms with van der Waals surface area (Å²) in [6, 6.07) is 13.4. The molecule has 2 aromatic rings. The molecule has 2 atom stereocenters. The molecule has 156 valence electrons. The number of hydrogen-bond donors (Lipinski definition) is 1. The Balaban J connectivity index is 1.61. The van der Waals surface area contributed by atoms with Crippen LogP contribution in [-0.2, 0) is 22.3 Å². The number of nitrogens with zero attached hydrogens (tertiary/aromatic N) is 2. The average molecular weight is 415 g/mol. The smallest absolute Gasteiger partial charge is 0.349 e. The molecule has 3 rings (SSSR count). The van der Waals surface area contributed by atoms with Gasteiger partial charge in [0, 0.05) is 19.5 Å². The molecule has 0 bridgehead atoms. The Labute approximate surface area is 172 Å². The molecule has 8 heteroatoms. The number of carbonyl (C=O) groups excluding carboxylic acids is 2. The lowest BCUT2D eigenvalue weighted by molar-refractivity contribution is -0.137. The number of carbonyl (C=O) groups is 2. The second-order valence-electron chi connectivity index (χ2n) is 7.34. The summed E-state index contributed by atoms with van der Waals surface area (Å²) in [5.41, 5.74) is 0.943. The van der Waals surface area contributed by atoms with Crippen LogP contribution in [0.4, 0.5) is 13.2 Å². The molecule has 1 saturated heterocycles. The quantitative estimate of drug-likeness (QED) is 0.807. The molecule has 1 aliphatic rings. The Kier molecular flexibility index (Phi) is 6.11. The van der Waals surface area contributed by atoms with Crippen molar-refractivity contribution >= 4 is 11.8 Å². The van der Waals surface area contributed by atoms with Crippen LogP contribution >= 0.6 is 0 Å². The van der Waals surface area contributed by atoms with Crippen molar-refractivity contribution in [2.45, 2.75) is 32.1 Å². The number of alkyl halides is 3. The highest BCUT2D eigenvalue weighted by atomic mass is 19.4. The van der Waals surface area contributed by atoms with E-state index in [1.54, 1.807) is 31.2 Å². The van der Waals surface area contributed by atoms with Gasteiger partial charge in [-0.2, -0.15) is 18.4 Å². The molecule has 2 unspecified atom stereocenters. The highest BCUT2D eigenvalue weighted by Crippen LogP contribution is 2.30. The van der Waals surface area contributed by atoms with E-state index < -0.39 is 17.7 Å². The first-order valence-corrected chi connectivity index (χ1v) is 9.41. The van der Waals surface area contributed by atoms with Gasteiger partial charge in [0.25, 0.3) is 0 Å². The minimum Gasteiger partial charge on any atom is -0.349 e. The summed E-state index contributed by atoms with van der Waals surface area (Å²) in [7, 11) is 0. The van der Waals surface area contributed by atoms with Gasteiger partial charge in [0.1, 0.15) is 0 Å². The molecule has 0 spiro atoms. The number of hydrogen-bond acceptors (Lipinski definition) is 3. The lowest BCUT2D eigenvalue weighted by atomic mass is 10.0. The summed E-state index contributed by atoms with van der Waals surface area (Å²) in [6.07, 6.45) is -4.43. The Morgan fingerprint density at radius 2 is 1.97 bits per heavy atom. The van der Waals surface area contributed by atoms with Gasteiger partial charge < -0.3 is 10.2 Å². The van der Waals surface area contributed by atoms with Gasteiger partial charge in [-0.15, -0.1) is 0 Å². The van der Waals surface area contributed by atoms with E-state index in [4.69, 9.17) is 5.26 Å². The second-order valence-corrected chi connectivity index (χ2v) is 7.34. The Bertz CT molecular complexity index is 980. The van der Waals surface area contributed by atoms with Crippen LogP contribution in [-0.4, -0.2) is 23.3 Å². The summed E-state index contributed by atoms with van der Waals surface area (Å²) in [5.74, 6) is -1.12. The fraction of sp³-hybridized carbons (Fsp3) is 0.318. The van der Waals surface area contributed by atoms with E-state index in [1.807, 2.05) is 6.07 Å². The largest absolute Gasteiger partial charge is 0.416 e. The predicted octanol–water partition coefficient (Wildman–Crippen LogP) is 3.80. The van der Waals surface area contributed by atoms with E-state index in [-0.39, 0.29) is 37.4 Å². The molecule has 0 aliphatic carbocycles. The van der Waals surface area contributed by atoms with Gasteiger partial charge in [-0.25, -0.2) is 0 Å². The normalized spacial score (nSPS) is 17.5. The van der Waals surface area contributed by atoms with Gasteiger partial charge in [-0.05, 0) is 42.3 Å². The van der Waals surface area contributed by atoms with Crippen LogP contribution in [0.3, 0.4) is 0 Å². The van der Waals surface area contributed by atoms with Crippen molar-refractivity contribution in [2.24, 2.45) is 5.92 Å². The van der Waals surface area contributed by atoms with Crippen LogP contribution in [0.15, 0.2) is 48.5 Å². The molecule has 5 nitrogen and oxygen atoms in total. The van der Waals surface area contributed by atoms with Crippen molar-refractivity contribution in [1.82, 2.24) is 10.2 Å². The Morgan fingerprint density at radius 3 is 2.60 bits per heavy atom. The number of likely N-dealkylation sites (tertiary alicyclic amines) is 1. The van der Waals surface area contributed by atoms with E-state index in [0.29, 0.717) is 11.1 Å². The summed E-state index contributed by atoms with van der Waals surface area (Å²) in [6.45, 7) is 1.98. The topological polar surface area (TPSA) is 73.2 Å². The second kappa shape index (κ2) is 8.57. The molecule has 30 heavy (non-hydrogen) atoms. The molecule has 2 amide bonds. The number of benzene rings is 2. The van der Waals surface area contributed by atoms with E-state index >= 15 is 0 Å². The van der Waals surface area contributed by atoms with E-state index in [2.05, 4.69) is 5.32 Å². The van der Waals surface area contributed by atoms with Crippen LogP contribution in [0.25, 0.3) is 0 Å². The van der Waals surface area contributed by atoms with E-state index in [0.717, 1.165) is 17.7 Å². The maximum absolute atomic E-state index is 12.9. The third kappa shape index (κ3) is 4.98. The first kappa shape index (κ1) is 21.4. The highest BCUT2D eigenvalue weighted by molar-refractivity contribution is 5.89. The average Bonchev–Trinajstić information content (AvgIpc) is 3.08. The summed E-state index contributed by atoms with van der Waals surface area (Å²) < 4.78 is 38.6. The van der Waals surface area contributed by atoms with Crippen molar-refractivity contribution in [3.8, 4) is 6.07 Å². The first-order valence-electron chi connectivity index (χ1n) is 9.41. The number of nitrogens with one attached hydrogen (secondary N) is 1. The molecular weight excluding hydrogens is 395 g/mol. The third-order valence-corrected chi connectivity index (χ3v) is 5.11. The minimum atomic E-state index is -4.45. The minimum absolute atomic E-state index is 0.0187. The van der Waals surface area contributed by atoms with Crippen molar-refractivity contribution in [2.75, 3.05) is 6.54 Å². The molecule has 0 aromatic heterocycles. The molecule has 1 fully saturated rings. The molecule has 1 N–H and O–H groups in total. The van der Waals surface area contributed by atoms with Crippen LogP contribution in [0.5, 0.6) is 0 Å². The molecule has 1 heterocycles.